The fourth-order valence-corrected chi connectivity index (χ4v) is 1.38. The quantitative estimate of drug-likeness (QED) is 0.820. The Hall–Kier alpha value is -1.85. The van der Waals surface area contributed by atoms with E-state index in [1.807, 2.05) is 31.5 Å². The standard InChI is InChI=1S/C9H13N5O/c1-6-4-7(2)14(11-6)5-10-9-8(3)12-15-13-9/h4H,5H2,1-3H3,(H,10,13). The van der Waals surface area contributed by atoms with Gasteiger partial charge in [0.2, 0.25) is 0 Å². The highest BCUT2D eigenvalue weighted by atomic mass is 16.6. The lowest BCUT2D eigenvalue weighted by Gasteiger charge is -2.04. The fraction of sp³-hybridized carbons (Fsp3) is 0.444. The van der Waals surface area contributed by atoms with E-state index >= 15 is 0 Å². The van der Waals surface area contributed by atoms with Gasteiger partial charge in [-0.3, -0.25) is 4.68 Å². The zero-order chi connectivity index (χ0) is 10.8. The number of nitrogens with zero attached hydrogens (tertiary/aromatic N) is 4. The van der Waals surface area contributed by atoms with Crippen molar-refractivity contribution in [1.29, 1.82) is 0 Å². The molecule has 15 heavy (non-hydrogen) atoms. The third kappa shape index (κ3) is 1.98. The van der Waals surface area contributed by atoms with Gasteiger partial charge < -0.3 is 5.32 Å². The molecular formula is C9H13N5O. The number of nitrogens with one attached hydrogen (secondary N) is 1. The highest BCUT2D eigenvalue weighted by Gasteiger charge is 2.05. The summed E-state index contributed by atoms with van der Waals surface area (Å²) in [6, 6.07) is 2.02. The summed E-state index contributed by atoms with van der Waals surface area (Å²) in [4.78, 5) is 0. The number of anilines is 1. The molecule has 0 fully saturated rings. The molecule has 2 aromatic heterocycles. The third-order valence-corrected chi connectivity index (χ3v) is 2.15. The van der Waals surface area contributed by atoms with Gasteiger partial charge >= 0.3 is 0 Å². The van der Waals surface area contributed by atoms with E-state index < -0.39 is 0 Å². The third-order valence-electron chi connectivity index (χ3n) is 2.15. The molecule has 6 heteroatoms. The Labute approximate surface area is 87.2 Å². The SMILES string of the molecule is Cc1cc(C)n(CNc2nonc2C)n1. The van der Waals surface area contributed by atoms with Crippen LogP contribution in [0.5, 0.6) is 0 Å². The summed E-state index contributed by atoms with van der Waals surface area (Å²) >= 11 is 0. The highest BCUT2D eigenvalue weighted by Crippen LogP contribution is 2.08. The van der Waals surface area contributed by atoms with Crippen molar-refractivity contribution in [2.24, 2.45) is 0 Å². The van der Waals surface area contributed by atoms with Crippen LogP contribution in [-0.2, 0) is 6.67 Å². The molecule has 0 aliphatic carbocycles. The molecule has 0 bridgehead atoms. The Morgan fingerprint density at radius 1 is 1.33 bits per heavy atom. The van der Waals surface area contributed by atoms with Gasteiger partial charge in [-0.2, -0.15) is 5.10 Å². The molecular weight excluding hydrogens is 194 g/mol. The average molecular weight is 207 g/mol. The van der Waals surface area contributed by atoms with Gasteiger partial charge in [0, 0.05) is 5.69 Å². The first-order valence-electron chi connectivity index (χ1n) is 4.71. The normalized spacial score (nSPS) is 10.6. The molecule has 0 atom stereocenters. The van der Waals surface area contributed by atoms with E-state index in [4.69, 9.17) is 0 Å². The molecule has 2 rings (SSSR count). The van der Waals surface area contributed by atoms with E-state index in [9.17, 15) is 0 Å². The zero-order valence-corrected chi connectivity index (χ0v) is 8.98. The maximum atomic E-state index is 4.58. The highest BCUT2D eigenvalue weighted by molar-refractivity contribution is 5.35. The van der Waals surface area contributed by atoms with Crippen LogP contribution in [0, 0.1) is 20.8 Å². The topological polar surface area (TPSA) is 68.8 Å². The number of aryl methyl sites for hydroxylation is 3. The first-order valence-corrected chi connectivity index (χ1v) is 4.71. The second-order valence-corrected chi connectivity index (χ2v) is 3.46. The van der Waals surface area contributed by atoms with Gasteiger partial charge in [-0.05, 0) is 32.0 Å². The van der Waals surface area contributed by atoms with Gasteiger partial charge in [-0.1, -0.05) is 5.16 Å². The minimum Gasteiger partial charge on any atom is -0.346 e. The van der Waals surface area contributed by atoms with Crippen molar-refractivity contribution in [2.45, 2.75) is 27.4 Å². The van der Waals surface area contributed by atoms with E-state index in [-0.39, 0.29) is 0 Å². The largest absolute Gasteiger partial charge is 0.346 e. The fourth-order valence-electron chi connectivity index (χ4n) is 1.38. The molecule has 0 saturated carbocycles. The van der Waals surface area contributed by atoms with E-state index in [1.54, 1.807) is 0 Å². The summed E-state index contributed by atoms with van der Waals surface area (Å²) in [5, 5.41) is 14.8. The van der Waals surface area contributed by atoms with Gasteiger partial charge in [-0.25, -0.2) is 4.63 Å². The molecule has 2 heterocycles. The Bertz CT molecular complexity index is 459. The molecule has 0 spiro atoms. The smallest absolute Gasteiger partial charge is 0.195 e. The number of rotatable bonds is 3. The average Bonchev–Trinajstić information content (AvgIpc) is 2.70. The van der Waals surface area contributed by atoms with Gasteiger partial charge in [0.05, 0.1) is 5.69 Å². The van der Waals surface area contributed by atoms with Crippen LogP contribution in [0.3, 0.4) is 0 Å². The molecule has 2 aromatic rings. The van der Waals surface area contributed by atoms with Crippen molar-refractivity contribution in [2.75, 3.05) is 5.32 Å². The molecule has 0 aliphatic heterocycles. The molecule has 0 amide bonds. The molecule has 0 radical (unpaired) electrons. The molecule has 0 saturated heterocycles. The van der Waals surface area contributed by atoms with Crippen molar-refractivity contribution in [3.8, 4) is 0 Å². The number of hydrogen-bond acceptors (Lipinski definition) is 5. The minimum absolute atomic E-state index is 0.564. The zero-order valence-electron chi connectivity index (χ0n) is 8.98. The van der Waals surface area contributed by atoms with Crippen molar-refractivity contribution in [1.82, 2.24) is 20.1 Å². The Morgan fingerprint density at radius 2 is 2.13 bits per heavy atom. The molecule has 80 valence electrons. The first kappa shape index (κ1) is 9.70. The number of aromatic nitrogens is 4. The maximum Gasteiger partial charge on any atom is 0.195 e. The van der Waals surface area contributed by atoms with Crippen LogP contribution >= 0.6 is 0 Å². The number of hydrogen-bond donors (Lipinski definition) is 1. The molecule has 0 aliphatic rings. The summed E-state index contributed by atoms with van der Waals surface area (Å²) in [6.45, 7) is 6.37. The van der Waals surface area contributed by atoms with Crippen LogP contribution < -0.4 is 5.32 Å². The summed E-state index contributed by atoms with van der Waals surface area (Å²) in [6.07, 6.45) is 0. The Balaban J connectivity index is 2.05. The summed E-state index contributed by atoms with van der Waals surface area (Å²) < 4.78 is 6.44. The van der Waals surface area contributed by atoms with Gasteiger partial charge in [0.25, 0.3) is 0 Å². The summed E-state index contributed by atoms with van der Waals surface area (Å²) in [7, 11) is 0. The van der Waals surface area contributed by atoms with Gasteiger partial charge in [-0.15, -0.1) is 0 Å². The molecule has 0 aromatic carbocycles. The monoisotopic (exact) mass is 207 g/mol. The predicted molar refractivity (Wildman–Crippen MR) is 54.4 cm³/mol. The van der Waals surface area contributed by atoms with Crippen molar-refractivity contribution in [3.63, 3.8) is 0 Å². The molecule has 0 unspecified atom stereocenters. The Kier molecular flexibility index (Phi) is 2.40. The van der Waals surface area contributed by atoms with E-state index in [0.717, 1.165) is 17.1 Å². The molecule has 1 N–H and O–H groups in total. The van der Waals surface area contributed by atoms with Crippen LogP contribution in [0.4, 0.5) is 5.82 Å². The predicted octanol–water partition coefficient (Wildman–Crippen LogP) is 1.26. The van der Waals surface area contributed by atoms with Crippen LogP contribution in [0.2, 0.25) is 0 Å². The van der Waals surface area contributed by atoms with Crippen LogP contribution in [0.25, 0.3) is 0 Å². The van der Waals surface area contributed by atoms with Gasteiger partial charge in [0.1, 0.15) is 12.4 Å². The Morgan fingerprint density at radius 3 is 2.67 bits per heavy atom. The second kappa shape index (κ2) is 3.72. The molecule has 6 nitrogen and oxygen atoms in total. The van der Waals surface area contributed by atoms with E-state index in [2.05, 4.69) is 25.4 Å². The van der Waals surface area contributed by atoms with E-state index in [1.165, 1.54) is 0 Å². The van der Waals surface area contributed by atoms with Crippen LogP contribution in [0.15, 0.2) is 10.7 Å². The maximum absolute atomic E-state index is 4.58. The lowest BCUT2D eigenvalue weighted by atomic mass is 10.4. The second-order valence-electron chi connectivity index (χ2n) is 3.46. The van der Waals surface area contributed by atoms with Crippen molar-refractivity contribution >= 4 is 5.82 Å². The van der Waals surface area contributed by atoms with Crippen molar-refractivity contribution < 1.29 is 4.63 Å². The summed E-state index contributed by atoms with van der Waals surface area (Å²) in [5.74, 6) is 0.655. The van der Waals surface area contributed by atoms with E-state index in [0.29, 0.717) is 12.5 Å². The first-order chi connectivity index (χ1) is 7.16. The van der Waals surface area contributed by atoms with Crippen molar-refractivity contribution in [3.05, 3.63) is 23.1 Å². The van der Waals surface area contributed by atoms with Crippen LogP contribution in [0.1, 0.15) is 17.1 Å². The minimum atomic E-state index is 0.564. The summed E-state index contributed by atoms with van der Waals surface area (Å²) in [5.41, 5.74) is 2.86. The van der Waals surface area contributed by atoms with Crippen LogP contribution in [-0.4, -0.2) is 20.1 Å². The lowest BCUT2D eigenvalue weighted by Crippen LogP contribution is -2.11. The van der Waals surface area contributed by atoms with Gasteiger partial charge in [0.15, 0.2) is 5.82 Å². The lowest BCUT2D eigenvalue weighted by molar-refractivity contribution is 0.305.